The van der Waals surface area contributed by atoms with E-state index in [-0.39, 0.29) is 22.4 Å². The zero-order chi connectivity index (χ0) is 15.0. The maximum absolute atomic E-state index is 9.89. The van der Waals surface area contributed by atoms with Gasteiger partial charge in [-0.3, -0.25) is 0 Å². The van der Waals surface area contributed by atoms with Gasteiger partial charge in [0.1, 0.15) is 0 Å². The molecule has 3 N–H and O–H groups in total. The van der Waals surface area contributed by atoms with Crippen molar-refractivity contribution in [2.75, 3.05) is 13.1 Å². The van der Waals surface area contributed by atoms with Crippen LogP contribution in [0.1, 0.15) is 22.6 Å². The van der Waals surface area contributed by atoms with Gasteiger partial charge in [-0.25, -0.2) is 0 Å². The average Bonchev–Trinajstić information content (AvgIpc) is 2.67. The Morgan fingerprint density at radius 3 is 2.71 bits per heavy atom. The van der Waals surface area contributed by atoms with Crippen molar-refractivity contribution in [1.82, 2.24) is 5.32 Å². The standard InChI is InChI=1S/C16H15Cl2NO2/c17-10-3-1-2-9(6-10)13-8-19-5-4-11-12(13)7-14(20)16(21)15(11)18/h1-3,6-7,13,19-21H,4-5,8H2/t13-/m0/s1. The summed E-state index contributed by atoms with van der Waals surface area (Å²) < 4.78 is 0. The highest BCUT2D eigenvalue weighted by Gasteiger charge is 2.25. The van der Waals surface area contributed by atoms with Gasteiger partial charge in [0.15, 0.2) is 11.5 Å². The molecule has 0 saturated carbocycles. The van der Waals surface area contributed by atoms with Gasteiger partial charge in [0.25, 0.3) is 0 Å². The fourth-order valence-corrected chi connectivity index (χ4v) is 3.34. The summed E-state index contributed by atoms with van der Waals surface area (Å²) in [7, 11) is 0. The minimum atomic E-state index is -0.248. The van der Waals surface area contributed by atoms with E-state index in [9.17, 15) is 10.2 Å². The molecule has 0 spiro atoms. The maximum Gasteiger partial charge on any atom is 0.176 e. The van der Waals surface area contributed by atoms with Crippen molar-refractivity contribution in [1.29, 1.82) is 0 Å². The highest BCUT2D eigenvalue weighted by Crippen LogP contribution is 2.42. The average molecular weight is 324 g/mol. The van der Waals surface area contributed by atoms with Crippen molar-refractivity contribution in [3.63, 3.8) is 0 Å². The van der Waals surface area contributed by atoms with Crippen LogP contribution in [-0.2, 0) is 6.42 Å². The van der Waals surface area contributed by atoms with Gasteiger partial charge < -0.3 is 15.5 Å². The summed E-state index contributed by atoms with van der Waals surface area (Å²) in [4.78, 5) is 0. The van der Waals surface area contributed by atoms with E-state index in [1.807, 2.05) is 24.3 Å². The predicted molar refractivity (Wildman–Crippen MR) is 84.7 cm³/mol. The summed E-state index contributed by atoms with van der Waals surface area (Å²) in [5, 5.41) is 24.0. The molecule has 0 unspecified atom stereocenters. The number of benzene rings is 2. The first-order chi connectivity index (χ1) is 10.1. The van der Waals surface area contributed by atoms with Crippen LogP contribution >= 0.6 is 23.2 Å². The molecule has 0 saturated heterocycles. The largest absolute Gasteiger partial charge is 0.504 e. The molecule has 3 rings (SSSR count). The summed E-state index contributed by atoms with van der Waals surface area (Å²) in [6.07, 6.45) is 0.707. The lowest BCUT2D eigenvalue weighted by Gasteiger charge is -2.20. The highest BCUT2D eigenvalue weighted by molar-refractivity contribution is 6.33. The zero-order valence-electron chi connectivity index (χ0n) is 11.2. The number of hydrogen-bond donors (Lipinski definition) is 3. The Morgan fingerprint density at radius 1 is 1.14 bits per heavy atom. The van der Waals surface area contributed by atoms with Crippen LogP contribution in [0.4, 0.5) is 0 Å². The van der Waals surface area contributed by atoms with Gasteiger partial charge in [-0.15, -0.1) is 0 Å². The molecule has 1 aliphatic heterocycles. The van der Waals surface area contributed by atoms with E-state index in [0.717, 1.165) is 29.8 Å². The van der Waals surface area contributed by atoms with E-state index < -0.39 is 0 Å². The molecule has 1 atom stereocenters. The van der Waals surface area contributed by atoms with Crippen LogP contribution in [0.2, 0.25) is 10.0 Å². The molecule has 0 radical (unpaired) electrons. The van der Waals surface area contributed by atoms with E-state index in [1.165, 1.54) is 0 Å². The molecule has 0 aliphatic carbocycles. The van der Waals surface area contributed by atoms with Crippen LogP contribution < -0.4 is 5.32 Å². The van der Waals surface area contributed by atoms with Crippen LogP contribution in [0.3, 0.4) is 0 Å². The number of phenolic OH excluding ortho intramolecular Hbond substituents is 2. The van der Waals surface area contributed by atoms with Crippen molar-refractivity contribution < 1.29 is 10.2 Å². The van der Waals surface area contributed by atoms with Crippen molar-refractivity contribution in [2.24, 2.45) is 0 Å². The number of aromatic hydroxyl groups is 2. The molecule has 2 aromatic carbocycles. The molecule has 2 aromatic rings. The Hall–Kier alpha value is -1.42. The quantitative estimate of drug-likeness (QED) is 0.702. The second-order valence-electron chi connectivity index (χ2n) is 5.19. The van der Waals surface area contributed by atoms with Gasteiger partial charge in [-0.2, -0.15) is 0 Å². The summed E-state index contributed by atoms with van der Waals surface area (Å²) in [5.74, 6) is -0.403. The molecule has 0 aromatic heterocycles. The van der Waals surface area contributed by atoms with Crippen molar-refractivity contribution >= 4 is 23.2 Å². The molecule has 1 heterocycles. The lowest BCUT2D eigenvalue weighted by atomic mass is 9.87. The van der Waals surface area contributed by atoms with Gasteiger partial charge in [-0.1, -0.05) is 35.3 Å². The fourth-order valence-electron chi connectivity index (χ4n) is 2.84. The molecule has 0 amide bonds. The summed E-state index contributed by atoms with van der Waals surface area (Å²) in [6, 6.07) is 9.27. The van der Waals surface area contributed by atoms with Crippen molar-refractivity contribution in [3.8, 4) is 11.5 Å². The lowest BCUT2D eigenvalue weighted by molar-refractivity contribution is 0.402. The first-order valence-corrected chi connectivity index (χ1v) is 7.53. The van der Waals surface area contributed by atoms with Crippen molar-refractivity contribution in [2.45, 2.75) is 12.3 Å². The molecule has 5 heteroatoms. The normalized spacial score (nSPS) is 18.1. The smallest absolute Gasteiger partial charge is 0.176 e. The third-order valence-corrected chi connectivity index (χ3v) is 4.53. The number of nitrogens with one attached hydrogen (secondary N) is 1. The number of rotatable bonds is 1. The monoisotopic (exact) mass is 323 g/mol. The molecular weight excluding hydrogens is 309 g/mol. The Balaban J connectivity index is 2.17. The third kappa shape index (κ3) is 2.69. The summed E-state index contributed by atoms with van der Waals surface area (Å²) in [6.45, 7) is 1.50. The minimum absolute atomic E-state index is 0.0326. The van der Waals surface area contributed by atoms with Gasteiger partial charge in [0.2, 0.25) is 0 Å². The van der Waals surface area contributed by atoms with Crippen LogP contribution in [0.15, 0.2) is 30.3 Å². The molecule has 0 bridgehead atoms. The molecule has 21 heavy (non-hydrogen) atoms. The van der Waals surface area contributed by atoms with E-state index in [1.54, 1.807) is 6.07 Å². The predicted octanol–water partition coefficient (Wildman–Crippen LogP) is 3.68. The molecule has 1 aliphatic rings. The summed E-state index contributed by atoms with van der Waals surface area (Å²) in [5.41, 5.74) is 2.86. The second kappa shape index (κ2) is 5.76. The number of halogens is 2. The summed E-state index contributed by atoms with van der Waals surface area (Å²) >= 11 is 12.3. The van der Waals surface area contributed by atoms with E-state index in [2.05, 4.69) is 5.32 Å². The molecule has 0 fully saturated rings. The van der Waals surface area contributed by atoms with Crippen LogP contribution in [-0.4, -0.2) is 23.3 Å². The fraction of sp³-hybridized carbons (Fsp3) is 0.250. The molecule has 110 valence electrons. The van der Waals surface area contributed by atoms with Crippen LogP contribution in [0.5, 0.6) is 11.5 Å². The number of hydrogen-bond acceptors (Lipinski definition) is 3. The van der Waals surface area contributed by atoms with E-state index in [4.69, 9.17) is 23.2 Å². The Bertz CT molecular complexity index is 688. The van der Waals surface area contributed by atoms with Gasteiger partial charge in [0, 0.05) is 17.5 Å². The van der Waals surface area contributed by atoms with Crippen LogP contribution in [0.25, 0.3) is 0 Å². The van der Waals surface area contributed by atoms with E-state index in [0.29, 0.717) is 11.4 Å². The zero-order valence-corrected chi connectivity index (χ0v) is 12.7. The van der Waals surface area contributed by atoms with Crippen molar-refractivity contribution in [3.05, 3.63) is 57.1 Å². The van der Waals surface area contributed by atoms with E-state index >= 15 is 0 Å². The van der Waals surface area contributed by atoms with Gasteiger partial charge in [0.05, 0.1) is 5.02 Å². The lowest BCUT2D eigenvalue weighted by Crippen LogP contribution is -2.20. The second-order valence-corrected chi connectivity index (χ2v) is 6.00. The minimum Gasteiger partial charge on any atom is -0.504 e. The Kier molecular flexibility index (Phi) is 3.98. The molecular formula is C16H15Cl2NO2. The van der Waals surface area contributed by atoms with Gasteiger partial charge >= 0.3 is 0 Å². The molecule has 3 nitrogen and oxygen atoms in total. The Labute approximate surface area is 133 Å². The topological polar surface area (TPSA) is 52.5 Å². The van der Waals surface area contributed by atoms with Crippen LogP contribution in [0, 0.1) is 0 Å². The SMILES string of the molecule is Oc1cc2c(c(Cl)c1O)CCNC[C@H]2c1cccc(Cl)c1. The van der Waals surface area contributed by atoms with Gasteiger partial charge in [-0.05, 0) is 47.9 Å². The first-order valence-electron chi connectivity index (χ1n) is 6.77. The number of phenols is 2. The number of fused-ring (bicyclic) bond motifs is 1. The Morgan fingerprint density at radius 2 is 1.95 bits per heavy atom. The third-order valence-electron chi connectivity index (χ3n) is 3.88. The highest BCUT2D eigenvalue weighted by atomic mass is 35.5. The maximum atomic E-state index is 9.89. The first kappa shape index (κ1) is 14.5.